The van der Waals surface area contributed by atoms with Crippen LogP contribution in [0, 0.1) is 0 Å². The van der Waals surface area contributed by atoms with Crippen LogP contribution < -0.4 is 0 Å². The van der Waals surface area contributed by atoms with Gasteiger partial charge in [-0.25, -0.2) is 0 Å². The molecule has 0 aliphatic carbocycles. The molecule has 0 saturated carbocycles. The van der Waals surface area contributed by atoms with Crippen molar-refractivity contribution in [3.63, 3.8) is 0 Å². The largest absolute Gasteiger partial charge is 0.297 e. The zero-order chi connectivity index (χ0) is 21.6. The van der Waals surface area contributed by atoms with Crippen LogP contribution in [0.1, 0.15) is 35.3 Å². The summed E-state index contributed by atoms with van der Waals surface area (Å²) in [5.41, 5.74) is 3.98. The first-order valence-corrected chi connectivity index (χ1v) is 11.2. The van der Waals surface area contributed by atoms with Crippen molar-refractivity contribution < 1.29 is 4.79 Å². The third kappa shape index (κ3) is 4.91. The Morgan fingerprint density at radius 1 is 0.968 bits per heavy atom. The number of pyridine rings is 1. The summed E-state index contributed by atoms with van der Waals surface area (Å²) in [4.78, 5) is 17.2. The van der Waals surface area contributed by atoms with Gasteiger partial charge in [-0.05, 0) is 36.6 Å². The number of Topliss-reactive ketones (excluding diaryl/α,β-unsaturated/α-hetero) is 1. The monoisotopic (exact) mass is 428 g/mol. The fourth-order valence-electron chi connectivity index (χ4n) is 3.34. The van der Waals surface area contributed by atoms with Gasteiger partial charge in [0, 0.05) is 23.5 Å². The van der Waals surface area contributed by atoms with Gasteiger partial charge in [-0.3, -0.25) is 14.3 Å². The van der Waals surface area contributed by atoms with Crippen LogP contribution in [0.3, 0.4) is 0 Å². The average Bonchev–Trinajstić information content (AvgIpc) is 3.21. The molecule has 31 heavy (non-hydrogen) atoms. The van der Waals surface area contributed by atoms with Crippen LogP contribution >= 0.6 is 11.8 Å². The number of carbonyl (C=O) groups excluding carboxylic acids is 1. The molecule has 0 unspecified atom stereocenters. The fraction of sp³-hybridized carbons (Fsp3) is 0.200. The van der Waals surface area contributed by atoms with E-state index in [-0.39, 0.29) is 11.0 Å². The van der Waals surface area contributed by atoms with Gasteiger partial charge < -0.3 is 0 Å². The highest BCUT2D eigenvalue weighted by atomic mass is 32.2. The number of hydrogen-bond acceptors (Lipinski definition) is 5. The molecule has 1 atom stereocenters. The first-order valence-electron chi connectivity index (χ1n) is 10.3. The number of aromatic nitrogens is 4. The number of hydrogen-bond donors (Lipinski definition) is 0. The predicted octanol–water partition coefficient (Wildman–Crippen LogP) is 5.31. The maximum absolute atomic E-state index is 13.0. The molecule has 6 heteroatoms. The molecular formula is C25H24N4OS. The molecule has 5 nitrogen and oxygen atoms in total. The van der Waals surface area contributed by atoms with Gasteiger partial charge in [0.25, 0.3) is 0 Å². The summed E-state index contributed by atoms with van der Waals surface area (Å²) in [6.45, 7) is 4.65. The van der Waals surface area contributed by atoms with Gasteiger partial charge >= 0.3 is 0 Å². The van der Waals surface area contributed by atoms with Gasteiger partial charge in [0.1, 0.15) is 0 Å². The van der Waals surface area contributed by atoms with Crippen molar-refractivity contribution in [2.45, 2.75) is 37.2 Å². The van der Waals surface area contributed by atoms with Crippen molar-refractivity contribution in [1.29, 1.82) is 0 Å². The lowest BCUT2D eigenvalue weighted by atomic mass is 10.1. The molecule has 0 aliphatic heterocycles. The van der Waals surface area contributed by atoms with Crippen LogP contribution in [0.4, 0.5) is 0 Å². The van der Waals surface area contributed by atoms with Crippen molar-refractivity contribution in [3.05, 3.63) is 95.8 Å². The molecule has 2 heterocycles. The van der Waals surface area contributed by atoms with E-state index in [1.807, 2.05) is 61.5 Å². The maximum atomic E-state index is 13.0. The standard InChI is InChI=1S/C25H24N4OS/c1-3-19-11-13-21(14-12-19)23(30)18(2)31-25-28-27-24(22-10-7-15-26-16-22)29(25)17-20-8-5-4-6-9-20/h4-16,18H,3,17H2,1-2H3/t18-/m0/s1. The van der Waals surface area contributed by atoms with Gasteiger partial charge in [0.2, 0.25) is 0 Å². The lowest BCUT2D eigenvalue weighted by Gasteiger charge is -2.13. The van der Waals surface area contributed by atoms with E-state index >= 15 is 0 Å². The Bertz CT molecular complexity index is 1140. The van der Waals surface area contributed by atoms with Gasteiger partial charge in [-0.2, -0.15) is 0 Å². The molecule has 0 aliphatic rings. The Balaban J connectivity index is 1.62. The molecule has 4 aromatic rings. The van der Waals surface area contributed by atoms with E-state index in [4.69, 9.17) is 0 Å². The SMILES string of the molecule is CCc1ccc(C(=O)[C@H](C)Sc2nnc(-c3cccnc3)n2Cc2ccccc2)cc1. The number of thioether (sulfide) groups is 1. The molecule has 0 N–H and O–H groups in total. The van der Waals surface area contributed by atoms with Gasteiger partial charge in [-0.15, -0.1) is 10.2 Å². The molecule has 2 aromatic heterocycles. The quantitative estimate of drug-likeness (QED) is 0.281. The smallest absolute Gasteiger partial charge is 0.192 e. The summed E-state index contributed by atoms with van der Waals surface area (Å²) in [5, 5.41) is 9.29. The Kier molecular flexibility index (Phi) is 6.57. The van der Waals surface area contributed by atoms with Crippen LogP contribution in [0.2, 0.25) is 0 Å². The Hall–Kier alpha value is -3.25. The first-order chi connectivity index (χ1) is 15.2. The van der Waals surface area contributed by atoms with Gasteiger partial charge in [-0.1, -0.05) is 73.3 Å². The van der Waals surface area contributed by atoms with Crippen LogP contribution in [-0.2, 0) is 13.0 Å². The van der Waals surface area contributed by atoms with E-state index in [0.29, 0.717) is 11.7 Å². The molecular weight excluding hydrogens is 404 g/mol. The molecule has 0 fully saturated rings. The highest BCUT2D eigenvalue weighted by Crippen LogP contribution is 2.29. The van der Waals surface area contributed by atoms with E-state index in [9.17, 15) is 4.79 Å². The predicted molar refractivity (Wildman–Crippen MR) is 124 cm³/mol. The van der Waals surface area contributed by atoms with E-state index < -0.39 is 0 Å². The second kappa shape index (κ2) is 9.71. The second-order valence-corrected chi connectivity index (χ2v) is 8.60. The van der Waals surface area contributed by atoms with E-state index in [1.54, 1.807) is 12.4 Å². The zero-order valence-corrected chi connectivity index (χ0v) is 18.4. The fourth-order valence-corrected chi connectivity index (χ4v) is 4.27. The molecule has 0 spiro atoms. The Labute approximate surface area is 186 Å². The van der Waals surface area contributed by atoms with Gasteiger partial charge in [0.05, 0.1) is 11.8 Å². The third-order valence-electron chi connectivity index (χ3n) is 5.12. The zero-order valence-electron chi connectivity index (χ0n) is 17.6. The summed E-state index contributed by atoms with van der Waals surface area (Å²) in [6, 6.07) is 21.9. The van der Waals surface area contributed by atoms with Crippen LogP contribution in [-0.4, -0.2) is 30.8 Å². The average molecular weight is 429 g/mol. The number of carbonyl (C=O) groups is 1. The maximum Gasteiger partial charge on any atom is 0.192 e. The third-order valence-corrected chi connectivity index (χ3v) is 6.20. The molecule has 0 bridgehead atoms. The minimum atomic E-state index is -0.284. The summed E-state index contributed by atoms with van der Waals surface area (Å²) in [5.74, 6) is 0.830. The van der Waals surface area contributed by atoms with Crippen molar-refractivity contribution in [3.8, 4) is 11.4 Å². The number of nitrogens with zero attached hydrogens (tertiary/aromatic N) is 4. The molecule has 2 aromatic carbocycles. The normalized spacial score (nSPS) is 11.9. The highest BCUT2D eigenvalue weighted by molar-refractivity contribution is 8.00. The summed E-state index contributed by atoms with van der Waals surface area (Å²) >= 11 is 1.44. The highest BCUT2D eigenvalue weighted by Gasteiger charge is 2.22. The van der Waals surface area contributed by atoms with Crippen molar-refractivity contribution >= 4 is 17.5 Å². The lowest BCUT2D eigenvalue weighted by molar-refractivity contribution is 0.0994. The van der Waals surface area contributed by atoms with E-state index in [1.165, 1.54) is 17.3 Å². The van der Waals surface area contributed by atoms with E-state index in [0.717, 1.165) is 28.9 Å². The molecule has 4 rings (SSSR count). The van der Waals surface area contributed by atoms with Crippen molar-refractivity contribution in [2.24, 2.45) is 0 Å². The summed E-state index contributed by atoms with van der Waals surface area (Å²) in [6.07, 6.45) is 4.48. The molecule has 156 valence electrons. The number of ketones is 1. The Morgan fingerprint density at radius 3 is 2.42 bits per heavy atom. The molecule has 0 radical (unpaired) electrons. The number of benzene rings is 2. The second-order valence-electron chi connectivity index (χ2n) is 7.29. The lowest BCUT2D eigenvalue weighted by Crippen LogP contribution is -2.15. The first kappa shape index (κ1) is 21.0. The summed E-state index contributed by atoms with van der Waals surface area (Å²) < 4.78 is 2.06. The van der Waals surface area contributed by atoms with Crippen molar-refractivity contribution in [1.82, 2.24) is 19.7 Å². The topological polar surface area (TPSA) is 60.7 Å². The minimum absolute atomic E-state index is 0.0878. The molecule has 0 saturated heterocycles. The summed E-state index contributed by atoms with van der Waals surface area (Å²) in [7, 11) is 0. The number of rotatable bonds is 8. The van der Waals surface area contributed by atoms with Gasteiger partial charge in [0.15, 0.2) is 16.8 Å². The Morgan fingerprint density at radius 2 is 1.74 bits per heavy atom. The minimum Gasteiger partial charge on any atom is -0.297 e. The van der Waals surface area contributed by atoms with E-state index in [2.05, 4.69) is 38.8 Å². The van der Waals surface area contributed by atoms with Crippen LogP contribution in [0.15, 0.2) is 84.3 Å². The van der Waals surface area contributed by atoms with Crippen LogP contribution in [0.5, 0.6) is 0 Å². The van der Waals surface area contributed by atoms with Crippen LogP contribution in [0.25, 0.3) is 11.4 Å². The van der Waals surface area contributed by atoms with Crippen molar-refractivity contribution in [2.75, 3.05) is 0 Å². The number of aryl methyl sites for hydroxylation is 1. The molecule has 0 amide bonds.